The van der Waals surface area contributed by atoms with Crippen LogP contribution < -0.4 is 5.73 Å². The Kier molecular flexibility index (Phi) is 4.65. The van der Waals surface area contributed by atoms with E-state index in [4.69, 9.17) is 5.73 Å². The monoisotopic (exact) mass is 340 g/mol. The van der Waals surface area contributed by atoms with Gasteiger partial charge in [0.25, 0.3) is 5.91 Å². The normalized spacial score (nSPS) is 19.7. The molecule has 3 rings (SSSR count). The van der Waals surface area contributed by atoms with Crippen molar-refractivity contribution in [2.75, 3.05) is 13.1 Å². The van der Waals surface area contributed by atoms with Crippen LogP contribution in [0.3, 0.4) is 0 Å². The average molecular weight is 340 g/mol. The highest BCUT2D eigenvalue weighted by Gasteiger charge is 2.36. The molecule has 4 heteroatoms. The number of likely N-dealkylation sites (tertiary alicyclic amines) is 1. The van der Waals surface area contributed by atoms with Crippen molar-refractivity contribution in [1.29, 1.82) is 0 Å². The first-order chi connectivity index (χ1) is 11.8. The molecule has 1 unspecified atom stereocenters. The van der Waals surface area contributed by atoms with Crippen molar-refractivity contribution in [3.63, 3.8) is 0 Å². The molecule has 0 saturated carbocycles. The van der Waals surface area contributed by atoms with Crippen molar-refractivity contribution in [1.82, 2.24) is 4.90 Å². The fourth-order valence-corrected chi connectivity index (χ4v) is 3.33. The molecule has 2 N–H and O–H groups in total. The van der Waals surface area contributed by atoms with Crippen molar-refractivity contribution in [3.05, 3.63) is 59.4 Å². The summed E-state index contributed by atoms with van der Waals surface area (Å²) in [7, 11) is 0. The van der Waals surface area contributed by atoms with Gasteiger partial charge in [-0.1, -0.05) is 49.7 Å². The second-order valence-electron chi connectivity index (χ2n) is 7.67. The number of nitrogens with two attached hydrogens (primary N) is 1. The van der Waals surface area contributed by atoms with E-state index in [0.29, 0.717) is 13.1 Å². The quantitative estimate of drug-likeness (QED) is 0.898. The molecule has 1 amide bonds. The number of piperidine rings is 1. The van der Waals surface area contributed by atoms with Gasteiger partial charge >= 0.3 is 0 Å². The molecule has 0 aromatic heterocycles. The average Bonchev–Trinajstić information content (AvgIpc) is 2.57. The zero-order valence-electron chi connectivity index (χ0n) is 15.1. The lowest BCUT2D eigenvalue weighted by molar-refractivity contribution is 0.0528. The second kappa shape index (κ2) is 6.60. The largest absolute Gasteiger partial charge is 0.338 e. The molecule has 1 heterocycles. The third-order valence-electron chi connectivity index (χ3n) is 5.18. The highest BCUT2D eigenvalue weighted by molar-refractivity contribution is 5.95. The lowest BCUT2D eigenvalue weighted by Crippen LogP contribution is -2.54. The van der Waals surface area contributed by atoms with Gasteiger partial charge in [0.2, 0.25) is 0 Å². The predicted octanol–water partition coefficient (Wildman–Crippen LogP) is 4.00. The molecular formula is C21H25FN2O. The van der Waals surface area contributed by atoms with Gasteiger partial charge in [-0.25, -0.2) is 4.39 Å². The third kappa shape index (κ3) is 3.59. The summed E-state index contributed by atoms with van der Waals surface area (Å²) in [5.41, 5.74) is 8.96. The summed E-state index contributed by atoms with van der Waals surface area (Å²) in [6, 6.07) is 12.8. The van der Waals surface area contributed by atoms with Gasteiger partial charge < -0.3 is 10.6 Å². The number of carbonyl (C=O) groups is 1. The smallest absolute Gasteiger partial charge is 0.256 e. The van der Waals surface area contributed by atoms with Crippen LogP contribution in [-0.2, 0) is 0 Å². The van der Waals surface area contributed by atoms with Gasteiger partial charge in [0.1, 0.15) is 5.82 Å². The Balaban J connectivity index is 1.83. The Morgan fingerprint density at radius 2 is 1.80 bits per heavy atom. The molecule has 0 aliphatic carbocycles. The molecule has 1 saturated heterocycles. The number of hydrogen-bond acceptors (Lipinski definition) is 2. The molecule has 0 radical (unpaired) electrons. The number of hydrogen-bond donors (Lipinski definition) is 1. The van der Waals surface area contributed by atoms with E-state index in [0.717, 1.165) is 23.1 Å². The van der Waals surface area contributed by atoms with Crippen LogP contribution >= 0.6 is 0 Å². The van der Waals surface area contributed by atoms with Gasteiger partial charge in [-0.15, -0.1) is 0 Å². The van der Waals surface area contributed by atoms with E-state index in [-0.39, 0.29) is 22.9 Å². The molecule has 0 bridgehead atoms. The van der Waals surface area contributed by atoms with E-state index in [9.17, 15) is 9.18 Å². The molecule has 1 atom stereocenters. The van der Waals surface area contributed by atoms with Crippen molar-refractivity contribution in [2.24, 2.45) is 11.1 Å². The van der Waals surface area contributed by atoms with Crippen LogP contribution in [0, 0.1) is 18.2 Å². The predicted molar refractivity (Wildman–Crippen MR) is 98.8 cm³/mol. The van der Waals surface area contributed by atoms with Crippen LogP contribution in [0.2, 0.25) is 0 Å². The Hall–Kier alpha value is -2.20. The van der Waals surface area contributed by atoms with Crippen LogP contribution in [0.1, 0.15) is 36.2 Å². The highest BCUT2D eigenvalue weighted by atomic mass is 19.1. The maximum atomic E-state index is 14.6. The van der Waals surface area contributed by atoms with Crippen molar-refractivity contribution in [3.8, 4) is 11.1 Å². The maximum Gasteiger partial charge on any atom is 0.256 e. The molecule has 3 nitrogen and oxygen atoms in total. The van der Waals surface area contributed by atoms with Crippen LogP contribution in [0.4, 0.5) is 4.39 Å². The van der Waals surface area contributed by atoms with Gasteiger partial charge in [-0.05, 0) is 42.0 Å². The minimum absolute atomic E-state index is 0.0605. The molecule has 132 valence electrons. The van der Waals surface area contributed by atoms with Gasteiger partial charge in [0, 0.05) is 19.1 Å². The topological polar surface area (TPSA) is 46.3 Å². The zero-order chi connectivity index (χ0) is 18.2. The lowest BCUT2D eigenvalue weighted by atomic mass is 9.79. The van der Waals surface area contributed by atoms with Gasteiger partial charge in [0.05, 0.1) is 5.56 Å². The number of rotatable bonds is 2. The minimum Gasteiger partial charge on any atom is -0.338 e. The van der Waals surface area contributed by atoms with Crippen molar-refractivity contribution >= 4 is 5.91 Å². The molecule has 2 aromatic rings. The number of carbonyl (C=O) groups excluding carboxylic acids is 1. The number of amides is 1. The van der Waals surface area contributed by atoms with E-state index in [2.05, 4.69) is 0 Å². The first-order valence-electron chi connectivity index (χ1n) is 8.69. The molecule has 0 spiro atoms. The van der Waals surface area contributed by atoms with Crippen molar-refractivity contribution < 1.29 is 9.18 Å². The van der Waals surface area contributed by atoms with E-state index >= 15 is 0 Å². The van der Waals surface area contributed by atoms with Gasteiger partial charge in [-0.2, -0.15) is 0 Å². The molecule has 1 aliphatic rings. The van der Waals surface area contributed by atoms with E-state index in [1.807, 2.05) is 51.1 Å². The molecular weight excluding hydrogens is 315 g/mol. The Bertz CT molecular complexity index is 783. The third-order valence-corrected chi connectivity index (χ3v) is 5.18. The highest BCUT2D eigenvalue weighted by Crippen LogP contribution is 2.29. The maximum absolute atomic E-state index is 14.6. The standard InChI is InChI=1S/C21H25FN2O/c1-14-4-6-15(7-5-14)16-8-9-17(18(22)12-16)20(25)24-11-10-19(23)21(2,3)13-24/h4-9,12,19H,10-11,13,23H2,1-3H3. The summed E-state index contributed by atoms with van der Waals surface area (Å²) in [5.74, 6) is -0.733. The van der Waals surface area contributed by atoms with Crippen LogP contribution in [0.15, 0.2) is 42.5 Å². The molecule has 25 heavy (non-hydrogen) atoms. The molecule has 1 fully saturated rings. The van der Waals surface area contributed by atoms with Gasteiger partial charge in [0.15, 0.2) is 0 Å². The summed E-state index contributed by atoms with van der Waals surface area (Å²) >= 11 is 0. The Morgan fingerprint density at radius 3 is 2.40 bits per heavy atom. The van der Waals surface area contributed by atoms with E-state index < -0.39 is 5.82 Å². The van der Waals surface area contributed by atoms with Crippen LogP contribution in [0.25, 0.3) is 11.1 Å². The number of nitrogens with zero attached hydrogens (tertiary/aromatic N) is 1. The summed E-state index contributed by atoms with van der Waals surface area (Å²) in [6.07, 6.45) is 0.738. The number of benzene rings is 2. The fraction of sp³-hybridized carbons (Fsp3) is 0.381. The SMILES string of the molecule is Cc1ccc(-c2ccc(C(=O)N3CCC(N)C(C)(C)C3)c(F)c2)cc1. The summed E-state index contributed by atoms with van der Waals surface area (Å²) < 4.78 is 14.6. The first kappa shape index (κ1) is 17.6. The van der Waals surface area contributed by atoms with Gasteiger partial charge in [-0.3, -0.25) is 4.79 Å². The summed E-state index contributed by atoms with van der Waals surface area (Å²) in [4.78, 5) is 14.5. The van der Waals surface area contributed by atoms with E-state index in [1.54, 1.807) is 11.0 Å². The summed E-state index contributed by atoms with van der Waals surface area (Å²) in [5, 5.41) is 0. The number of aryl methyl sites for hydroxylation is 1. The minimum atomic E-state index is -0.476. The zero-order valence-corrected chi connectivity index (χ0v) is 15.1. The summed E-state index contributed by atoms with van der Waals surface area (Å²) in [6.45, 7) is 7.23. The first-order valence-corrected chi connectivity index (χ1v) is 8.69. The lowest BCUT2D eigenvalue weighted by Gasteiger charge is -2.42. The molecule has 2 aromatic carbocycles. The second-order valence-corrected chi connectivity index (χ2v) is 7.67. The van der Waals surface area contributed by atoms with Crippen molar-refractivity contribution in [2.45, 2.75) is 33.2 Å². The Labute approximate surface area is 148 Å². The Morgan fingerprint density at radius 1 is 1.16 bits per heavy atom. The molecule has 1 aliphatic heterocycles. The number of halogens is 1. The fourth-order valence-electron chi connectivity index (χ4n) is 3.33. The van der Waals surface area contributed by atoms with E-state index in [1.165, 1.54) is 6.07 Å². The van der Waals surface area contributed by atoms with Crippen LogP contribution in [-0.4, -0.2) is 29.9 Å². The van der Waals surface area contributed by atoms with Crippen LogP contribution in [0.5, 0.6) is 0 Å².